The van der Waals surface area contributed by atoms with Gasteiger partial charge in [0.15, 0.2) is 15.4 Å². The Balaban J connectivity index is 0.000000176. The molecular formula is C78H100N16O10S6. The Bertz CT molecular complexity index is 4390. The van der Waals surface area contributed by atoms with Gasteiger partial charge in [0, 0.05) is 111 Å². The van der Waals surface area contributed by atoms with Crippen molar-refractivity contribution in [3.8, 4) is 5.75 Å². The zero-order chi connectivity index (χ0) is 78.5. The van der Waals surface area contributed by atoms with Crippen molar-refractivity contribution < 1.29 is 46.8 Å². The number of oxazole rings is 3. The van der Waals surface area contributed by atoms with Gasteiger partial charge < -0.3 is 69.5 Å². The maximum absolute atomic E-state index is 13.1. The molecule has 6 N–H and O–H groups in total. The summed E-state index contributed by atoms with van der Waals surface area (Å²) in [5, 5.41) is 21.4. The summed E-state index contributed by atoms with van der Waals surface area (Å²) >= 11 is 9.77. The van der Waals surface area contributed by atoms with E-state index in [1.165, 1.54) is 18.2 Å². The second-order valence-corrected chi connectivity index (χ2v) is 36.9. The molecule has 32 heteroatoms. The summed E-state index contributed by atoms with van der Waals surface area (Å²) in [6.07, 6.45) is 21.6. The fourth-order valence-electron chi connectivity index (χ4n) is 11.9. The number of piperidine rings is 4. The van der Waals surface area contributed by atoms with E-state index in [0.29, 0.717) is 91.9 Å². The van der Waals surface area contributed by atoms with Crippen LogP contribution in [0.25, 0.3) is 0 Å². The molecule has 8 aromatic rings. The van der Waals surface area contributed by atoms with Crippen LogP contribution in [0.2, 0.25) is 0 Å². The van der Waals surface area contributed by atoms with Crippen LogP contribution in [0.15, 0.2) is 150 Å². The van der Waals surface area contributed by atoms with E-state index in [0.717, 1.165) is 121 Å². The van der Waals surface area contributed by atoms with Crippen molar-refractivity contribution in [3.05, 3.63) is 170 Å². The lowest BCUT2D eigenvalue weighted by atomic mass is 9.94. The van der Waals surface area contributed by atoms with Crippen LogP contribution in [0.4, 0.5) is 30.7 Å². The number of carbonyl (C=O) groups is 6. The number of hydrogen-bond donors (Lipinski definition) is 6. The average Bonchev–Trinajstić information content (AvgIpc) is 1.07. The molecule has 0 aliphatic carbocycles. The maximum atomic E-state index is 13.1. The summed E-state index contributed by atoms with van der Waals surface area (Å²) in [5.74, 6) is 6.53. The molecular weight excluding hydrogens is 1510 g/mol. The highest BCUT2D eigenvalue weighted by molar-refractivity contribution is 8.01. The third-order valence-corrected chi connectivity index (χ3v) is 24.4. The molecule has 2 aromatic carbocycles. The average molecular weight is 1610 g/mol. The van der Waals surface area contributed by atoms with Crippen molar-refractivity contribution in [2.24, 2.45) is 0 Å². The molecule has 4 saturated heterocycles. The number of ether oxygens (including phenoxy) is 1. The first-order valence-corrected chi connectivity index (χ1v) is 42.2. The maximum Gasteiger partial charge on any atom is 0.415 e. The first-order valence-electron chi connectivity index (χ1n) is 36.8. The van der Waals surface area contributed by atoms with Crippen LogP contribution in [0.3, 0.4) is 0 Å². The molecule has 10 heterocycles. The standard InChI is InChI=1S/C27H33N5O3S2.C26H31N5O4S2.C25H36N6O3S2/c1-5-22(33)28-13-18-8-10-19(11-9-18)25(34)32-12-6-7-20(16-32)31-26-30-15-24(37-26)36-17-23-29-14-21(35-23)27(2,3)4;1-5-21(32)29-17-8-10-19(11-9-17)34-25(33)31-12-6-7-18(15-31)30-24-28-14-23(37-24)36-16-22-27-13-20(35-22)26(2,3)4;1-5-20(32)28-17-8-11-30(12-9-17)24(33)31-10-6-7-18(15-31)29-23-27-14-22(36-23)35-16-21-26-13-19(34-21)25(2,3)4/h5,8-11,14-15,20H,1,6-7,12-13,16-17H2,2-4H3,(H,28,33)(H,30,31);5,8-11,13-14,18H,1,6-7,12,15-16H2,2-4H3,(H,28,30)(H,29,32);5,13-14,17-18H,1,6-12,15-16H2,2-4H3,(H,27,29)(H,28,32)/t20-;2*18-/m111/s1. The number of nitrogens with zero attached hydrogens (tertiary/aromatic N) is 10. The third kappa shape index (κ3) is 25.6. The van der Waals surface area contributed by atoms with E-state index in [9.17, 15) is 28.8 Å². The fourth-order valence-corrected chi connectivity index (χ4v) is 17.3. The molecule has 6 aromatic heterocycles. The Morgan fingerprint density at radius 3 is 1.34 bits per heavy atom. The Morgan fingerprint density at radius 1 is 0.491 bits per heavy atom. The number of nitrogens with one attached hydrogen (secondary N) is 6. The van der Waals surface area contributed by atoms with Crippen LogP contribution in [0, 0.1) is 0 Å². The number of rotatable bonds is 24. The number of anilines is 4. The van der Waals surface area contributed by atoms with E-state index >= 15 is 0 Å². The quantitative estimate of drug-likeness (QED) is 0.0242. The zero-order valence-electron chi connectivity index (χ0n) is 63.9. The normalized spacial score (nSPS) is 16.9. The van der Waals surface area contributed by atoms with Crippen molar-refractivity contribution in [1.82, 2.24) is 60.1 Å². The van der Waals surface area contributed by atoms with Gasteiger partial charge in [-0.3, -0.25) is 19.2 Å². The summed E-state index contributed by atoms with van der Waals surface area (Å²) in [5.41, 5.74) is 2.01. The Hall–Kier alpha value is -8.95. The molecule has 26 nitrogen and oxygen atoms in total. The molecule has 7 amide bonds. The zero-order valence-corrected chi connectivity index (χ0v) is 68.8. The highest BCUT2D eigenvalue weighted by Crippen LogP contribution is 2.37. The molecule has 4 fully saturated rings. The van der Waals surface area contributed by atoms with Crippen LogP contribution in [0.1, 0.15) is 165 Å². The van der Waals surface area contributed by atoms with E-state index in [1.54, 1.807) is 105 Å². The summed E-state index contributed by atoms with van der Waals surface area (Å²) in [4.78, 5) is 107. The number of amides is 7. The number of thioether (sulfide) groups is 3. The molecule has 0 saturated carbocycles. The summed E-state index contributed by atoms with van der Waals surface area (Å²) in [6, 6.07) is 14.6. The predicted octanol–water partition coefficient (Wildman–Crippen LogP) is 15.6. The lowest BCUT2D eigenvalue weighted by Gasteiger charge is -2.39. The fraction of sp³-hybridized carbons (Fsp3) is 0.462. The molecule has 0 radical (unpaired) electrons. The minimum absolute atomic E-state index is 0.0177. The van der Waals surface area contributed by atoms with Crippen LogP contribution in [-0.4, -0.2) is 162 Å². The van der Waals surface area contributed by atoms with Crippen molar-refractivity contribution in [3.63, 3.8) is 0 Å². The van der Waals surface area contributed by atoms with Gasteiger partial charge in [0.2, 0.25) is 35.4 Å². The molecule has 110 heavy (non-hydrogen) atoms. The second kappa shape index (κ2) is 39.3. The van der Waals surface area contributed by atoms with E-state index in [4.69, 9.17) is 18.0 Å². The number of carbonyl (C=O) groups excluding carboxylic acids is 6. The van der Waals surface area contributed by atoms with Gasteiger partial charge in [-0.05, 0) is 112 Å². The molecule has 0 bridgehead atoms. The minimum Gasteiger partial charge on any atom is -0.444 e. The number of thiazole rings is 3. The summed E-state index contributed by atoms with van der Waals surface area (Å²) in [6.45, 7) is 35.0. The van der Waals surface area contributed by atoms with Crippen LogP contribution < -0.4 is 36.6 Å². The van der Waals surface area contributed by atoms with Crippen molar-refractivity contribution >= 4 is 126 Å². The van der Waals surface area contributed by atoms with E-state index < -0.39 is 6.09 Å². The van der Waals surface area contributed by atoms with Gasteiger partial charge in [0.25, 0.3) is 5.91 Å². The molecule has 588 valence electrons. The molecule has 4 aliphatic heterocycles. The Labute approximate surface area is 668 Å². The van der Waals surface area contributed by atoms with Crippen molar-refractivity contribution in [2.45, 2.75) is 191 Å². The largest absolute Gasteiger partial charge is 0.444 e. The molecule has 3 atom stereocenters. The topological polar surface area (TPSA) is 314 Å². The van der Waals surface area contributed by atoms with Gasteiger partial charge in [-0.1, -0.05) is 128 Å². The van der Waals surface area contributed by atoms with Gasteiger partial charge >= 0.3 is 12.1 Å². The molecule has 4 aliphatic rings. The summed E-state index contributed by atoms with van der Waals surface area (Å²) < 4.78 is 26.4. The SMILES string of the molecule is C=CC(=O)NC1CCN(C(=O)N2CCC[C@@H](Nc3ncc(SCc4ncc(C(C)(C)C)o4)s3)C2)CC1.C=CC(=O)NCc1ccc(C(=O)N2CCC[C@@H](Nc3ncc(SCc4ncc(C(C)(C)C)o4)s3)C2)cc1.C=CC(=O)Nc1ccc(OC(=O)N2CCC[C@@H](Nc3ncc(SCc4ncc(C(C)(C)C)o4)s3)C2)cc1. The van der Waals surface area contributed by atoms with Gasteiger partial charge in [-0.25, -0.2) is 39.5 Å². The van der Waals surface area contributed by atoms with E-state index in [-0.39, 0.29) is 70.1 Å². The number of likely N-dealkylation sites (tertiary alicyclic amines) is 4. The number of urea groups is 1. The molecule has 0 unspecified atom stereocenters. The smallest absolute Gasteiger partial charge is 0.415 e. The highest BCUT2D eigenvalue weighted by atomic mass is 32.2. The monoisotopic (exact) mass is 1610 g/mol. The van der Waals surface area contributed by atoms with Gasteiger partial charge in [0.05, 0.1) is 67.1 Å². The van der Waals surface area contributed by atoms with Gasteiger partial charge in [-0.15, -0.1) is 35.3 Å². The van der Waals surface area contributed by atoms with Crippen LogP contribution in [0.5, 0.6) is 5.75 Å². The molecule has 12 rings (SSSR count). The van der Waals surface area contributed by atoms with Crippen LogP contribution in [-0.2, 0) is 54.4 Å². The second-order valence-electron chi connectivity index (χ2n) is 30.0. The van der Waals surface area contributed by atoms with Gasteiger partial charge in [0.1, 0.15) is 23.0 Å². The van der Waals surface area contributed by atoms with Gasteiger partial charge in [-0.2, -0.15) is 0 Å². The first-order chi connectivity index (χ1) is 52.6. The predicted molar refractivity (Wildman–Crippen MR) is 438 cm³/mol. The summed E-state index contributed by atoms with van der Waals surface area (Å²) in [7, 11) is 0. The lowest BCUT2D eigenvalue weighted by molar-refractivity contribution is -0.117. The Kier molecular flexibility index (Phi) is 29.8. The number of aromatic nitrogens is 6. The lowest BCUT2D eigenvalue weighted by Crippen LogP contribution is -2.54. The number of hydrogen-bond acceptors (Lipinski definition) is 25. The third-order valence-electron chi connectivity index (χ3n) is 18.1. The first kappa shape index (κ1) is 83.5. The molecule has 0 spiro atoms. The van der Waals surface area contributed by atoms with E-state index in [1.807, 2.05) is 69.9 Å². The van der Waals surface area contributed by atoms with Crippen molar-refractivity contribution in [2.75, 3.05) is 73.6 Å². The Morgan fingerprint density at radius 2 is 0.909 bits per heavy atom. The minimum atomic E-state index is -0.398. The van der Waals surface area contributed by atoms with Crippen LogP contribution >= 0.6 is 69.3 Å². The van der Waals surface area contributed by atoms with E-state index in [2.05, 4.69) is 144 Å². The van der Waals surface area contributed by atoms with Crippen molar-refractivity contribution in [1.29, 1.82) is 0 Å². The highest BCUT2D eigenvalue weighted by Gasteiger charge is 2.33. The number of benzene rings is 2.